The second-order valence-corrected chi connectivity index (χ2v) is 3.33. The first-order chi connectivity index (χ1) is 8.13. The number of carbonyl (C=O) groups excluding carboxylic acids is 1. The zero-order valence-electron chi connectivity index (χ0n) is 9.03. The quantitative estimate of drug-likeness (QED) is 0.502. The zero-order valence-corrected chi connectivity index (χ0v) is 9.03. The number of fused-ring (bicyclic) bond motifs is 1. The molecule has 0 fully saturated rings. The minimum absolute atomic E-state index is 0.260. The van der Waals surface area contributed by atoms with Gasteiger partial charge in [-0.15, -0.1) is 0 Å². The molecule has 1 aliphatic heterocycles. The summed E-state index contributed by atoms with van der Waals surface area (Å²) in [5.41, 5.74) is -0.768. The third-order valence-electron chi connectivity index (χ3n) is 2.31. The molecule has 0 spiro atoms. The van der Waals surface area contributed by atoms with Crippen LogP contribution in [-0.4, -0.2) is 22.6 Å². The Hall–Kier alpha value is -2.31. The molecule has 2 heterocycles. The van der Waals surface area contributed by atoms with E-state index in [0.717, 1.165) is 17.9 Å². The van der Waals surface area contributed by atoms with E-state index in [1.54, 1.807) is 6.08 Å². The monoisotopic (exact) mass is 238 g/mol. The largest absolute Gasteiger partial charge is 0.510 e. The Morgan fingerprint density at radius 1 is 1.35 bits per heavy atom. The first kappa shape index (κ1) is 11.2. The number of hydrogen-bond donors (Lipinski definition) is 0. The highest BCUT2D eigenvalue weighted by atomic mass is 16.7. The highest BCUT2D eigenvalue weighted by molar-refractivity contribution is 5.59. The topological polar surface area (TPSA) is 79.5 Å². The van der Waals surface area contributed by atoms with Crippen molar-refractivity contribution in [1.29, 1.82) is 0 Å². The molecular formula is C10H10N2O5. The first-order valence-corrected chi connectivity index (χ1v) is 4.87. The zero-order chi connectivity index (χ0) is 12.4. The van der Waals surface area contributed by atoms with Crippen molar-refractivity contribution >= 4 is 6.16 Å². The maximum Gasteiger partial charge on any atom is 0.510 e. The van der Waals surface area contributed by atoms with E-state index in [9.17, 15) is 14.4 Å². The van der Waals surface area contributed by atoms with Crippen molar-refractivity contribution < 1.29 is 14.3 Å². The molecule has 7 nitrogen and oxygen atoms in total. The number of aromatic nitrogens is 2. The number of nitrogens with zero attached hydrogens (tertiary/aromatic N) is 2. The van der Waals surface area contributed by atoms with Gasteiger partial charge in [-0.3, -0.25) is 9.59 Å². The van der Waals surface area contributed by atoms with Crippen molar-refractivity contribution in [3.05, 3.63) is 45.0 Å². The molecule has 0 aromatic carbocycles. The van der Waals surface area contributed by atoms with Crippen molar-refractivity contribution in [2.45, 2.75) is 12.8 Å². The van der Waals surface area contributed by atoms with Crippen LogP contribution in [0, 0.1) is 0 Å². The molecule has 2 rings (SSSR count). The number of rotatable bonds is 1. The Morgan fingerprint density at radius 3 is 2.76 bits per heavy atom. The van der Waals surface area contributed by atoms with Crippen LogP contribution in [0.4, 0.5) is 4.79 Å². The molecule has 17 heavy (non-hydrogen) atoms. The van der Waals surface area contributed by atoms with Crippen molar-refractivity contribution in [2.75, 3.05) is 7.11 Å². The summed E-state index contributed by atoms with van der Waals surface area (Å²) < 4.78 is 11.5. The number of hydrogen-bond acceptors (Lipinski definition) is 5. The predicted octanol–water partition coefficient (Wildman–Crippen LogP) is -0.139. The third-order valence-corrected chi connectivity index (χ3v) is 2.31. The molecule has 90 valence electrons. The van der Waals surface area contributed by atoms with Gasteiger partial charge in [0.15, 0.2) is 0 Å². The minimum atomic E-state index is -0.961. The number of carbonyl (C=O) groups is 1. The fourth-order valence-electron chi connectivity index (χ4n) is 1.57. The van der Waals surface area contributed by atoms with Gasteiger partial charge in [-0.1, -0.05) is 6.08 Å². The van der Waals surface area contributed by atoms with E-state index in [1.165, 1.54) is 16.8 Å². The van der Waals surface area contributed by atoms with Gasteiger partial charge in [-0.2, -0.15) is 0 Å². The van der Waals surface area contributed by atoms with Crippen LogP contribution in [0.1, 0.15) is 6.23 Å². The van der Waals surface area contributed by atoms with E-state index in [0.29, 0.717) is 0 Å². The Balaban J connectivity index is 2.47. The lowest BCUT2D eigenvalue weighted by atomic mass is 10.3. The highest BCUT2D eigenvalue weighted by Crippen LogP contribution is 2.12. The predicted molar refractivity (Wildman–Crippen MR) is 56.6 cm³/mol. The van der Waals surface area contributed by atoms with Gasteiger partial charge >= 0.3 is 6.16 Å². The molecule has 1 atom stereocenters. The third kappa shape index (κ3) is 1.99. The van der Waals surface area contributed by atoms with Crippen molar-refractivity contribution in [2.24, 2.45) is 0 Å². The Morgan fingerprint density at radius 2 is 2.06 bits per heavy atom. The SMILES string of the molecule is COC(=O)OC1C=CCn2c(=O)ccc(=O)n21. The van der Waals surface area contributed by atoms with E-state index in [1.807, 2.05) is 0 Å². The lowest BCUT2D eigenvalue weighted by Crippen LogP contribution is -2.42. The fourth-order valence-corrected chi connectivity index (χ4v) is 1.57. The molecule has 1 aliphatic rings. The maximum atomic E-state index is 11.6. The van der Waals surface area contributed by atoms with Crippen molar-refractivity contribution in [3.8, 4) is 0 Å². The summed E-state index contributed by atoms with van der Waals surface area (Å²) in [6.45, 7) is 0.260. The van der Waals surface area contributed by atoms with E-state index in [2.05, 4.69) is 4.74 Å². The van der Waals surface area contributed by atoms with Gasteiger partial charge in [-0.25, -0.2) is 14.2 Å². The van der Waals surface area contributed by atoms with Crippen LogP contribution < -0.4 is 11.1 Å². The summed E-state index contributed by atoms with van der Waals surface area (Å²) in [4.78, 5) is 34.2. The van der Waals surface area contributed by atoms with Crippen molar-refractivity contribution in [1.82, 2.24) is 9.36 Å². The van der Waals surface area contributed by atoms with Crippen LogP contribution in [0.5, 0.6) is 0 Å². The Bertz CT molecular complexity index is 583. The standard InChI is InChI=1S/C10H10N2O5/c1-16-10(15)17-9-3-2-6-11-7(13)4-5-8(14)12(9)11/h2-5,9H,6H2,1H3. The lowest BCUT2D eigenvalue weighted by Gasteiger charge is -2.23. The van der Waals surface area contributed by atoms with Crippen LogP contribution in [-0.2, 0) is 16.0 Å². The van der Waals surface area contributed by atoms with Crippen LogP contribution in [0.2, 0.25) is 0 Å². The van der Waals surface area contributed by atoms with E-state index < -0.39 is 17.9 Å². The summed E-state index contributed by atoms with van der Waals surface area (Å²) >= 11 is 0. The lowest BCUT2D eigenvalue weighted by molar-refractivity contribution is 0.0125. The van der Waals surface area contributed by atoms with E-state index >= 15 is 0 Å². The Labute approximate surface area is 95.5 Å². The second-order valence-electron chi connectivity index (χ2n) is 3.33. The van der Waals surface area contributed by atoms with Crippen LogP contribution in [0.25, 0.3) is 0 Å². The second kappa shape index (κ2) is 4.28. The summed E-state index contributed by atoms with van der Waals surface area (Å²) in [6, 6.07) is 2.30. The minimum Gasteiger partial charge on any atom is -0.438 e. The fraction of sp³-hybridized carbons (Fsp3) is 0.300. The van der Waals surface area contributed by atoms with E-state index in [-0.39, 0.29) is 12.1 Å². The summed E-state index contributed by atoms with van der Waals surface area (Å²) in [7, 11) is 1.16. The van der Waals surface area contributed by atoms with Gasteiger partial charge < -0.3 is 9.47 Å². The van der Waals surface area contributed by atoms with Gasteiger partial charge in [0.05, 0.1) is 13.7 Å². The van der Waals surface area contributed by atoms with Crippen LogP contribution >= 0.6 is 0 Å². The molecule has 0 N–H and O–H groups in total. The number of methoxy groups -OCH3 is 1. The average molecular weight is 238 g/mol. The molecule has 0 bridgehead atoms. The number of ether oxygens (including phenoxy) is 2. The van der Waals surface area contributed by atoms with Crippen molar-refractivity contribution in [3.63, 3.8) is 0 Å². The maximum absolute atomic E-state index is 11.6. The smallest absolute Gasteiger partial charge is 0.438 e. The molecule has 0 aliphatic carbocycles. The van der Waals surface area contributed by atoms with E-state index in [4.69, 9.17) is 4.74 Å². The van der Waals surface area contributed by atoms with Gasteiger partial charge in [0.2, 0.25) is 6.23 Å². The molecule has 0 amide bonds. The van der Waals surface area contributed by atoms with Gasteiger partial charge in [0.25, 0.3) is 11.1 Å². The molecule has 1 unspecified atom stereocenters. The van der Waals surface area contributed by atoms with Crippen LogP contribution in [0.3, 0.4) is 0 Å². The Kier molecular flexibility index (Phi) is 2.82. The van der Waals surface area contributed by atoms with Gasteiger partial charge in [0.1, 0.15) is 0 Å². The van der Waals surface area contributed by atoms with Gasteiger partial charge in [-0.05, 0) is 6.08 Å². The number of allylic oxidation sites excluding steroid dienone is 1. The molecule has 1 aromatic heterocycles. The highest BCUT2D eigenvalue weighted by Gasteiger charge is 2.21. The first-order valence-electron chi connectivity index (χ1n) is 4.87. The summed E-state index contributed by atoms with van der Waals surface area (Å²) in [5.74, 6) is 0. The molecule has 0 saturated carbocycles. The van der Waals surface area contributed by atoms with Crippen LogP contribution in [0.15, 0.2) is 33.9 Å². The molecular weight excluding hydrogens is 228 g/mol. The van der Waals surface area contributed by atoms with Gasteiger partial charge in [0, 0.05) is 12.1 Å². The molecule has 0 radical (unpaired) electrons. The average Bonchev–Trinajstić information content (AvgIpc) is 2.34. The summed E-state index contributed by atoms with van der Waals surface area (Å²) in [5, 5.41) is 0. The summed E-state index contributed by atoms with van der Waals surface area (Å²) in [6.07, 6.45) is 1.26. The molecule has 7 heteroatoms. The molecule has 1 aromatic rings. The molecule has 0 saturated heterocycles. The normalized spacial score (nSPS) is 17.4.